The van der Waals surface area contributed by atoms with Crippen LogP contribution in [0.4, 0.5) is 11.4 Å². The quantitative estimate of drug-likeness (QED) is 0.134. The van der Waals surface area contributed by atoms with Crippen LogP contribution >= 0.6 is 31.9 Å². The first-order chi connectivity index (χ1) is 22.2. The van der Waals surface area contributed by atoms with Crippen LogP contribution in [0.15, 0.2) is 75.9 Å². The van der Waals surface area contributed by atoms with Gasteiger partial charge in [-0.2, -0.15) is 0 Å². The van der Waals surface area contributed by atoms with Gasteiger partial charge in [0, 0.05) is 66.0 Å². The largest absolute Gasteiger partial charge is 0.397 e. The Hall–Kier alpha value is -3.48. The van der Waals surface area contributed by atoms with Gasteiger partial charge in [0.15, 0.2) is 0 Å². The van der Waals surface area contributed by atoms with E-state index in [0.29, 0.717) is 66.6 Å². The topological polar surface area (TPSA) is 147 Å². The van der Waals surface area contributed by atoms with Crippen molar-refractivity contribution in [2.45, 2.75) is 57.0 Å². The minimum atomic E-state index is -0.889. The van der Waals surface area contributed by atoms with Crippen molar-refractivity contribution in [3.05, 3.63) is 87.1 Å². The van der Waals surface area contributed by atoms with E-state index in [2.05, 4.69) is 52.4 Å². The van der Waals surface area contributed by atoms with Crippen LogP contribution in [-0.2, 0) is 27.2 Å². The molecule has 1 aliphatic heterocycles. The van der Waals surface area contributed by atoms with Crippen LogP contribution in [0.1, 0.15) is 43.2 Å². The zero-order valence-electron chi connectivity index (χ0n) is 26.0. The number of aromatic nitrogens is 1. The fourth-order valence-electron chi connectivity index (χ4n) is 5.55. The molecule has 246 valence electrons. The fraction of sp³-hybridized carbons (Fsp3) is 0.412. The van der Waals surface area contributed by atoms with Crippen LogP contribution in [0.3, 0.4) is 0 Å². The Morgan fingerprint density at radius 1 is 0.848 bits per heavy atom. The molecule has 1 saturated heterocycles. The lowest BCUT2D eigenvalue weighted by atomic mass is 10.0. The number of hydrogen-bond acceptors (Lipinski definition) is 7. The maximum Gasteiger partial charge on any atom is 0.245 e. The molecule has 3 aromatic rings. The predicted molar refractivity (Wildman–Crippen MR) is 189 cm³/mol. The molecule has 4 rings (SSSR count). The molecule has 0 aliphatic carbocycles. The SMILES string of the molecule is NCCCC[C@H](NC(=O)[C@@H](Cc1cc(Br)c(N)c(Br)c1)NC(=O)CCCc1ccccc1)C(=O)N1CCN(c2ccncc2)CC1. The number of halogens is 2. The molecule has 0 unspecified atom stereocenters. The number of benzene rings is 2. The number of nitrogen functional groups attached to an aromatic ring is 1. The van der Waals surface area contributed by atoms with Gasteiger partial charge in [-0.3, -0.25) is 19.4 Å². The average Bonchev–Trinajstić information content (AvgIpc) is 3.07. The molecular formula is C34H43Br2N7O3. The molecule has 3 amide bonds. The third-order valence-electron chi connectivity index (χ3n) is 8.12. The average molecular weight is 758 g/mol. The zero-order valence-corrected chi connectivity index (χ0v) is 29.1. The zero-order chi connectivity index (χ0) is 32.9. The molecule has 1 aromatic heterocycles. The van der Waals surface area contributed by atoms with E-state index in [1.807, 2.05) is 59.5 Å². The van der Waals surface area contributed by atoms with Gasteiger partial charge in [-0.1, -0.05) is 30.3 Å². The van der Waals surface area contributed by atoms with Gasteiger partial charge in [-0.25, -0.2) is 0 Å². The highest BCUT2D eigenvalue weighted by atomic mass is 79.9. The first kappa shape index (κ1) is 35.4. The molecule has 2 atom stereocenters. The number of nitrogens with zero attached hydrogens (tertiary/aromatic N) is 3. The lowest BCUT2D eigenvalue weighted by Gasteiger charge is -2.37. The van der Waals surface area contributed by atoms with E-state index in [4.69, 9.17) is 11.5 Å². The van der Waals surface area contributed by atoms with Gasteiger partial charge in [0.1, 0.15) is 12.1 Å². The number of rotatable bonds is 15. The number of nitrogens with two attached hydrogens (primary N) is 2. The summed E-state index contributed by atoms with van der Waals surface area (Å²) >= 11 is 6.96. The van der Waals surface area contributed by atoms with E-state index in [0.717, 1.165) is 29.7 Å². The molecule has 2 heterocycles. The van der Waals surface area contributed by atoms with Crippen molar-refractivity contribution in [1.29, 1.82) is 0 Å². The monoisotopic (exact) mass is 755 g/mol. The van der Waals surface area contributed by atoms with Crippen molar-refractivity contribution in [2.75, 3.05) is 43.4 Å². The van der Waals surface area contributed by atoms with Crippen molar-refractivity contribution in [2.24, 2.45) is 5.73 Å². The van der Waals surface area contributed by atoms with Crippen LogP contribution in [0, 0.1) is 0 Å². The summed E-state index contributed by atoms with van der Waals surface area (Å²) in [7, 11) is 0. The molecule has 12 heteroatoms. The van der Waals surface area contributed by atoms with Gasteiger partial charge in [-0.05, 0) is 106 Å². The van der Waals surface area contributed by atoms with Gasteiger partial charge in [0.05, 0.1) is 5.69 Å². The van der Waals surface area contributed by atoms with E-state index in [1.54, 1.807) is 12.4 Å². The summed E-state index contributed by atoms with van der Waals surface area (Å²) < 4.78 is 1.37. The number of aryl methyl sites for hydroxylation is 1. The van der Waals surface area contributed by atoms with Crippen LogP contribution < -0.4 is 27.0 Å². The summed E-state index contributed by atoms with van der Waals surface area (Å²) in [6, 6.07) is 16.0. The summed E-state index contributed by atoms with van der Waals surface area (Å²) in [4.78, 5) is 49.0. The van der Waals surface area contributed by atoms with Crippen molar-refractivity contribution in [1.82, 2.24) is 20.5 Å². The smallest absolute Gasteiger partial charge is 0.245 e. The first-order valence-corrected chi connectivity index (χ1v) is 17.3. The van der Waals surface area contributed by atoms with Crippen LogP contribution in [0.2, 0.25) is 0 Å². The summed E-state index contributed by atoms with van der Waals surface area (Å²) in [5.41, 5.74) is 15.4. The highest BCUT2D eigenvalue weighted by Gasteiger charge is 2.31. The number of carbonyl (C=O) groups is 3. The molecule has 46 heavy (non-hydrogen) atoms. The van der Waals surface area contributed by atoms with Gasteiger partial charge in [-0.15, -0.1) is 0 Å². The van der Waals surface area contributed by atoms with Crippen LogP contribution in [0.5, 0.6) is 0 Å². The molecule has 1 fully saturated rings. The molecule has 0 spiro atoms. The molecule has 6 N–H and O–H groups in total. The molecule has 2 aromatic carbocycles. The third kappa shape index (κ3) is 10.5. The van der Waals surface area contributed by atoms with Gasteiger partial charge < -0.3 is 31.9 Å². The minimum absolute atomic E-state index is 0.120. The Morgan fingerprint density at radius 2 is 1.52 bits per heavy atom. The number of unbranched alkanes of at least 4 members (excludes halogenated alkanes) is 1. The lowest BCUT2D eigenvalue weighted by molar-refractivity contribution is -0.137. The number of nitrogens with one attached hydrogen (secondary N) is 2. The van der Waals surface area contributed by atoms with E-state index < -0.39 is 18.0 Å². The van der Waals surface area contributed by atoms with Crippen molar-refractivity contribution in [3.63, 3.8) is 0 Å². The normalized spacial score (nSPS) is 14.4. The lowest BCUT2D eigenvalue weighted by Crippen LogP contribution is -2.57. The summed E-state index contributed by atoms with van der Waals surface area (Å²) in [5.74, 6) is -0.740. The molecule has 0 saturated carbocycles. The number of piperazine rings is 1. The molecular weight excluding hydrogens is 714 g/mol. The maximum absolute atomic E-state index is 13.9. The Balaban J connectivity index is 1.45. The van der Waals surface area contributed by atoms with Crippen molar-refractivity contribution >= 4 is 61.0 Å². The van der Waals surface area contributed by atoms with Crippen LogP contribution in [0.25, 0.3) is 0 Å². The van der Waals surface area contributed by atoms with E-state index in [9.17, 15) is 14.4 Å². The summed E-state index contributed by atoms with van der Waals surface area (Å²) in [5, 5.41) is 5.96. The standard InChI is InChI=1S/C34H43Br2N7O3/c35-27-21-25(22-28(36)32(27)38)23-30(40-31(44)11-6-9-24-7-2-1-3-8-24)33(45)41-29(10-4-5-14-37)34(46)43-19-17-42(18-20-43)26-12-15-39-16-13-26/h1-3,7-8,12-13,15-16,21-22,29-30H,4-6,9-11,14,17-20,23,37-38H2,(H,40,44)(H,41,45)/t29-,30+/m0/s1. The van der Waals surface area contributed by atoms with Gasteiger partial charge >= 0.3 is 0 Å². The molecule has 0 bridgehead atoms. The number of hydrogen-bond donors (Lipinski definition) is 4. The van der Waals surface area contributed by atoms with E-state index >= 15 is 0 Å². The Labute approximate surface area is 287 Å². The van der Waals surface area contributed by atoms with Crippen molar-refractivity contribution in [3.8, 4) is 0 Å². The first-order valence-electron chi connectivity index (χ1n) is 15.8. The second-order valence-electron chi connectivity index (χ2n) is 11.5. The summed E-state index contributed by atoms with van der Waals surface area (Å²) in [6.07, 6.45) is 7.32. The second kappa shape index (κ2) is 18.0. The van der Waals surface area contributed by atoms with Crippen LogP contribution in [-0.4, -0.2) is 72.4 Å². The number of anilines is 2. The molecule has 10 nitrogen and oxygen atoms in total. The number of pyridine rings is 1. The Bertz CT molecular complexity index is 1410. The maximum atomic E-state index is 13.9. The minimum Gasteiger partial charge on any atom is -0.397 e. The second-order valence-corrected chi connectivity index (χ2v) is 13.2. The van der Waals surface area contributed by atoms with Crippen molar-refractivity contribution < 1.29 is 14.4 Å². The Kier molecular flexibility index (Phi) is 13.9. The predicted octanol–water partition coefficient (Wildman–Crippen LogP) is 4.20. The number of carbonyl (C=O) groups excluding carboxylic acids is 3. The number of amides is 3. The fourth-order valence-corrected chi connectivity index (χ4v) is 6.83. The van der Waals surface area contributed by atoms with Gasteiger partial charge in [0.2, 0.25) is 17.7 Å². The Morgan fingerprint density at radius 3 is 2.17 bits per heavy atom. The highest BCUT2D eigenvalue weighted by Crippen LogP contribution is 2.30. The third-order valence-corrected chi connectivity index (χ3v) is 9.44. The van der Waals surface area contributed by atoms with Gasteiger partial charge in [0.25, 0.3) is 0 Å². The summed E-state index contributed by atoms with van der Waals surface area (Å²) in [6.45, 7) is 2.95. The highest BCUT2D eigenvalue weighted by molar-refractivity contribution is 9.11. The molecule has 0 radical (unpaired) electrons. The molecule has 1 aliphatic rings. The van der Waals surface area contributed by atoms with E-state index in [-0.39, 0.29) is 24.7 Å². The van der Waals surface area contributed by atoms with E-state index in [1.165, 1.54) is 0 Å².